The number of amides is 1. The molecule has 0 aliphatic heterocycles. The molecule has 0 aliphatic rings. The average Bonchev–Trinajstić information content (AvgIpc) is 2.48. The Morgan fingerprint density at radius 2 is 1.86 bits per heavy atom. The summed E-state index contributed by atoms with van der Waals surface area (Å²) in [7, 11) is 0. The van der Waals surface area contributed by atoms with Crippen LogP contribution in [-0.2, 0) is 4.79 Å². The lowest BCUT2D eigenvalue weighted by molar-refractivity contribution is -0.384. The van der Waals surface area contributed by atoms with Gasteiger partial charge in [0, 0.05) is 43.9 Å². The molecule has 0 heterocycles. The number of hydrogen-bond donors (Lipinski definition) is 3. The van der Waals surface area contributed by atoms with E-state index < -0.39 is 4.92 Å². The molecule has 0 saturated carbocycles. The minimum absolute atomic E-state index is 0. The maximum absolute atomic E-state index is 11.5. The Bertz CT molecular complexity index is 454. The predicted octanol–water partition coefficient (Wildman–Crippen LogP) is 1.93. The third-order valence-electron chi connectivity index (χ3n) is 2.86. The van der Waals surface area contributed by atoms with Crippen LogP contribution in [0.2, 0.25) is 0 Å². The van der Waals surface area contributed by atoms with Crippen molar-refractivity contribution >= 4 is 29.7 Å². The van der Waals surface area contributed by atoms with Crippen LogP contribution in [0.15, 0.2) is 24.3 Å². The number of carbonyl (C=O) groups is 1. The second kappa shape index (κ2) is 11.8. The molecule has 1 amide bonds. The Balaban J connectivity index is 0.00000441. The highest BCUT2D eigenvalue weighted by Crippen LogP contribution is 2.15. The molecule has 0 fully saturated rings. The molecule has 7 nitrogen and oxygen atoms in total. The summed E-state index contributed by atoms with van der Waals surface area (Å²) in [4.78, 5) is 21.6. The van der Waals surface area contributed by atoms with E-state index in [4.69, 9.17) is 0 Å². The Morgan fingerprint density at radius 3 is 2.45 bits per heavy atom. The fourth-order valence-corrected chi connectivity index (χ4v) is 1.74. The van der Waals surface area contributed by atoms with Gasteiger partial charge in [0.25, 0.3) is 5.69 Å². The monoisotopic (exact) mass is 330 g/mol. The highest BCUT2D eigenvalue weighted by molar-refractivity contribution is 5.85. The molecule has 22 heavy (non-hydrogen) atoms. The van der Waals surface area contributed by atoms with Gasteiger partial charge in [0.1, 0.15) is 0 Å². The molecule has 1 aromatic carbocycles. The first-order valence-corrected chi connectivity index (χ1v) is 7.09. The molecule has 3 N–H and O–H groups in total. The Kier molecular flexibility index (Phi) is 10.8. The number of likely N-dealkylation sites (N-methyl/N-ethyl adjacent to an activating group) is 1. The van der Waals surface area contributed by atoms with Crippen molar-refractivity contribution in [2.75, 3.05) is 31.5 Å². The van der Waals surface area contributed by atoms with E-state index >= 15 is 0 Å². The molecular weight excluding hydrogens is 308 g/mol. The summed E-state index contributed by atoms with van der Waals surface area (Å²) >= 11 is 0. The summed E-state index contributed by atoms with van der Waals surface area (Å²) in [5.74, 6) is 0.0402. The molecule has 1 rings (SSSR count). The topological polar surface area (TPSA) is 96.3 Å². The van der Waals surface area contributed by atoms with E-state index in [0.29, 0.717) is 25.9 Å². The van der Waals surface area contributed by atoms with Gasteiger partial charge in [-0.1, -0.05) is 6.92 Å². The van der Waals surface area contributed by atoms with Crippen molar-refractivity contribution < 1.29 is 9.72 Å². The molecule has 0 atom stereocenters. The van der Waals surface area contributed by atoms with Crippen molar-refractivity contribution in [1.29, 1.82) is 0 Å². The van der Waals surface area contributed by atoms with Gasteiger partial charge in [0.05, 0.1) is 4.92 Å². The molecule has 1 aromatic rings. The number of benzene rings is 1. The number of halogens is 1. The van der Waals surface area contributed by atoms with Gasteiger partial charge in [0.15, 0.2) is 0 Å². The summed E-state index contributed by atoms with van der Waals surface area (Å²) in [5, 5.41) is 19.6. The fraction of sp³-hybridized carbons (Fsp3) is 0.500. The van der Waals surface area contributed by atoms with Crippen molar-refractivity contribution in [2.45, 2.75) is 19.8 Å². The SMILES string of the molecule is CCNCCNC(=O)CCCNc1ccc([N+](=O)[O-])cc1.Cl. The number of rotatable bonds is 10. The molecule has 124 valence electrons. The minimum atomic E-state index is -0.429. The smallest absolute Gasteiger partial charge is 0.269 e. The maximum atomic E-state index is 11.5. The molecule has 0 bridgehead atoms. The minimum Gasteiger partial charge on any atom is -0.385 e. The fourth-order valence-electron chi connectivity index (χ4n) is 1.74. The van der Waals surface area contributed by atoms with Crippen molar-refractivity contribution in [2.24, 2.45) is 0 Å². The van der Waals surface area contributed by atoms with Crippen molar-refractivity contribution in [1.82, 2.24) is 10.6 Å². The van der Waals surface area contributed by atoms with Gasteiger partial charge in [-0.3, -0.25) is 14.9 Å². The maximum Gasteiger partial charge on any atom is 0.269 e. The summed E-state index contributed by atoms with van der Waals surface area (Å²) in [5.41, 5.74) is 0.883. The highest BCUT2D eigenvalue weighted by atomic mass is 35.5. The lowest BCUT2D eigenvalue weighted by Crippen LogP contribution is -2.31. The average molecular weight is 331 g/mol. The number of nitro benzene ring substituents is 1. The van der Waals surface area contributed by atoms with Crippen molar-refractivity contribution in [3.05, 3.63) is 34.4 Å². The van der Waals surface area contributed by atoms with Crippen LogP contribution in [0.5, 0.6) is 0 Å². The second-order valence-corrected chi connectivity index (χ2v) is 4.54. The summed E-state index contributed by atoms with van der Waals surface area (Å²) < 4.78 is 0. The van der Waals surface area contributed by atoms with E-state index in [0.717, 1.165) is 18.8 Å². The lowest BCUT2D eigenvalue weighted by Gasteiger charge is -2.07. The molecule has 0 unspecified atom stereocenters. The Labute approximate surface area is 136 Å². The first-order chi connectivity index (χ1) is 10.1. The molecule has 0 aromatic heterocycles. The summed E-state index contributed by atoms with van der Waals surface area (Å²) in [6.45, 7) is 4.99. The first kappa shape index (κ1) is 20.1. The standard InChI is InChI=1S/C14H22N4O3.ClH/c1-2-15-10-11-17-14(19)4-3-9-16-12-5-7-13(8-6-12)18(20)21;/h5-8,15-16H,2-4,9-11H2,1H3,(H,17,19);1H. The van der Waals surface area contributed by atoms with Crippen LogP contribution in [-0.4, -0.2) is 37.0 Å². The van der Waals surface area contributed by atoms with Crippen LogP contribution >= 0.6 is 12.4 Å². The van der Waals surface area contributed by atoms with E-state index in [1.165, 1.54) is 12.1 Å². The number of anilines is 1. The number of nitrogens with zero attached hydrogens (tertiary/aromatic N) is 1. The van der Waals surface area contributed by atoms with Crippen LogP contribution in [0.25, 0.3) is 0 Å². The first-order valence-electron chi connectivity index (χ1n) is 7.09. The van der Waals surface area contributed by atoms with Gasteiger partial charge in [-0.05, 0) is 25.1 Å². The summed E-state index contributed by atoms with van der Waals surface area (Å²) in [6, 6.07) is 6.23. The number of nitrogens with one attached hydrogen (secondary N) is 3. The van der Waals surface area contributed by atoms with E-state index in [1.54, 1.807) is 12.1 Å². The quantitative estimate of drug-likeness (QED) is 0.346. The Hall–Kier alpha value is -1.86. The third kappa shape index (κ3) is 8.43. The normalized spacial score (nSPS) is 9.68. The van der Waals surface area contributed by atoms with Crippen LogP contribution in [0.3, 0.4) is 0 Å². The van der Waals surface area contributed by atoms with E-state index in [2.05, 4.69) is 16.0 Å². The Morgan fingerprint density at radius 1 is 1.18 bits per heavy atom. The largest absolute Gasteiger partial charge is 0.385 e. The van der Waals surface area contributed by atoms with Gasteiger partial charge in [-0.2, -0.15) is 0 Å². The highest BCUT2D eigenvalue weighted by Gasteiger charge is 2.04. The van der Waals surface area contributed by atoms with Gasteiger partial charge in [-0.25, -0.2) is 0 Å². The zero-order chi connectivity index (χ0) is 15.5. The molecule has 0 aliphatic carbocycles. The van der Waals surface area contributed by atoms with Gasteiger partial charge in [-0.15, -0.1) is 12.4 Å². The molecule has 0 saturated heterocycles. The van der Waals surface area contributed by atoms with Crippen LogP contribution in [0.4, 0.5) is 11.4 Å². The lowest BCUT2D eigenvalue weighted by atomic mass is 10.2. The number of hydrogen-bond acceptors (Lipinski definition) is 5. The van der Waals surface area contributed by atoms with Gasteiger partial charge >= 0.3 is 0 Å². The van der Waals surface area contributed by atoms with Gasteiger partial charge < -0.3 is 16.0 Å². The van der Waals surface area contributed by atoms with Crippen molar-refractivity contribution in [3.63, 3.8) is 0 Å². The zero-order valence-corrected chi connectivity index (χ0v) is 13.4. The molecule has 0 radical (unpaired) electrons. The van der Waals surface area contributed by atoms with Crippen LogP contribution in [0.1, 0.15) is 19.8 Å². The predicted molar refractivity (Wildman–Crippen MR) is 89.6 cm³/mol. The molecular formula is C14H23ClN4O3. The van der Waals surface area contributed by atoms with Crippen LogP contribution in [0, 0.1) is 10.1 Å². The number of carbonyl (C=O) groups excluding carboxylic acids is 1. The third-order valence-corrected chi connectivity index (χ3v) is 2.86. The zero-order valence-electron chi connectivity index (χ0n) is 12.6. The number of non-ortho nitro benzene ring substituents is 1. The van der Waals surface area contributed by atoms with E-state index in [9.17, 15) is 14.9 Å². The van der Waals surface area contributed by atoms with Crippen LogP contribution < -0.4 is 16.0 Å². The van der Waals surface area contributed by atoms with E-state index in [1.807, 2.05) is 6.92 Å². The molecule has 0 spiro atoms. The van der Waals surface area contributed by atoms with Crippen molar-refractivity contribution in [3.8, 4) is 0 Å². The van der Waals surface area contributed by atoms with E-state index in [-0.39, 0.29) is 24.0 Å². The number of nitro groups is 1. The summed E-state index contributed by atoms with van der Waals surface area (Å²) in [6.07, 6.45) is 1.18. The molecule has 8 heteroatoms. The van der Waals surface area contributed by atoms with Gasteiger partial charge in [0.2, 0.25) is 5.91 Å². The second-order valence-electron chi connectivity index (χ2n) is 4.54.